The highest BCUT2D eigenvalue weighted by Crippen LogP contribution is 2.42. The highest BCUT2D eigenvalue weighted by Gasteiger charge is 2.23. The van der Waals surface area contributed by atoms with Gasteiger partial charge in [-0.1, -0.05) is 83.8 Å². The Morgan fingerprint density at radius 1 is 0.789 bits per heavy atom. The largest absolute Gasteiger partial charge is 0.472 e. The lowest BCUT2D eigenvalue weighted by Crippen LogP contribution is -2.27. The van der Waals surface area contributed by atoms with Crippen molar-refractivity contribution in [3.8, 4) is 0 Å². The van der Waals surface area contributed by atoms with Gasteiger partial charge in [-0.25, -0.2) is 4.57 Å². The molecule has 38 heavy (non-hydrogen) atoms. The van der Waals surface area contributed by atoms with Crippen molar-refractivity contribution >= 4 is 19.7 Å². The van der Waals surface area contributed by atoms with Crippen LogP contribution in [0.3, 0.4) is 0 Å². The SMILES string of the molecule is CCCCCCCCC/C=C\CCCCCCCC(=O)OCC(O)COP(=O)(O)OCCNC(=O)CCC. The van der Waals surface area contributed by atoms with Crippen molar-refractivity contribution in [1.82, 2.24) is 5.32 Å². The van der Waals surface area contributed by atoms with Crippen molar-refractivity contribution in [1.29, 1.82) is 0 Å². The fourth-order valence-electron chi connectivity index (χ4n) is 3.71. The molecule has 0 aromatic heterocycles. The molecular formula is C28H54NO8P. The number of rotatable bonds is 27. The number of esters is 1. The number of hydrogen-bond donors (Lipinski definition) is 3. The molecule has 0 saturated heterocycles. The van der Waals surface area contributed by atoms with E-state index in [-0.39, 0.29) is 32.1 Å². The zero-order valence-corrected chi connectivity index (χ0v) is 24.8. The fourth-order valence-corrected chi connectivity index (χ4v) is 4.47. The summed E-state index contributed by atoms with van der Waals surface area (Å²) in [5.41, 5.74) is 0. The van der Waals surface area contributed by atoms with E-state index in [1.54, 1.807) is 0 Å². The number of ether oxygens (including phenoxy) is 1. The van der Waals surface area contributed by atoms with E-state index in [1.165, 1.54) is 51.4 Å². The minimum atomic E-state index is -4.37. The molecule has 3 N–H and O–H groups in total. The summed E-state index contributed by atoms with van der Waals surface area (Å²) >= 11 is 0. The quantitative estimate of drug-likeness (QED) is 0.0455. The van der Waals surface area contributed by atoms with Crippen LogP contribution in [-0.4, -0.2) is 54.3 Å². The summed E-state index contributed by atoms with van der Waals surface area (Å²) in [6.07, 6.45) is 21.5. The summed E-state index contributed by atoms with van der Waals surface area (Å²) in [5, 5.41) is 12.4. The monoisotopic (exact) mass is 563 g/mol. The number of hydrogen-bond acceptors (Lipinski definition) is 7. The molecule has 0 saturated carbocycles. The Morgan fingerprint density at radius 2 is 1.37 bits per heavy atom. The minimum Gasteiger partial charge on any atom is -0.463 e. The normalized spacial score (nSPS) is 13.9. The van der Waals surface area contributed by atoms with Gasteiger partial charge in [-0.15, -0.1) is 0 Å². The molecule has 10 heteroatoms. The third-order valence-electron chi connectivity index (χ3n) is 5.92. The first-order valence-corrected chi connectivity index (χ1v) is 16.2. The summed E-state index contributed by atoms with van der Waals surface area (Å²) < 4.78 is 26.2. The maximum Gasteiger partial charge on any atom is 0.472 e. The third-order valence-corrected chi connectivity index (χ3v) is 6.90. The van der Waals surface area contributed by atoms with Crippen LogP contribution in [0.15, 0.2) is 12.2 Å². The molecule has 0 bridgehead atoms. The van der Waals surface area contributed by atoms with Gasteiger partial charge < -0.3 is 20.1 Å². The Balaban J connectivity index is 3.59. The van der Waals surface area contributed by atoms with Crippen LogP contribution in [0.1, 0.15) is 123 Å². The first kappa shape index (κ1) is 36.8. The Bertz CT molecular complexity index is 659. The number of phosphoric ester groups is 1. The Kier molecular flexibility index (Phi) is 25.1. The molecule has 2 unspecified atom stereocenters. The number of nitrogens with one attached hydrogen (secondary N) is 1. The summed E-state index contributed by atoms with van der Waals surface area (Å²) in [6, 6.07) is 0. The topological polar surface area (TPSA) is 131 Å². The van der Waals surface area contributed by atoms with Crippen LogP contribution in [0.4, 0.5) is 0 Å². The van der Waals surface area contributed by atoms with E-state index >= 15 is 0 Å². The number of amides is 1. The third kappa shape index (κ3) is 26.4. The second kappa shape index (κ2) is 26.0. The van der Waals surface area contributed by atoms with Gasteiger partial charge >= 0.3 is 13.8 Å². The van der Waals surface area contributed by atoms with E-state index in [4.69, 9.17) is 13.8 Å². The van der Waals surface area contributed by atoms with Crippen molar-refractivity contribution in [3.63, 3.8) is 0 Å². The molecule has 0 fully saturated rings. The summed E-state index contributed by atoms with van der Waals surface area (Å²) in [4.78, 5) is 32.7. The number of aliphatic hydroxyl groups is 1. The van der Waals surface area contributed by atoms with Crippen LogP contribution in [0.2, 0.25) is 0 Å². The first-order chi connectivity index (χ1) is 18.3. The summed E-state index contributed by atoms with van der Waals surface area (Å²) in [5.74, 6) is -0.581. The van der Waals surface area contributed by atoms with E-state index in [1.807, 2.05) is 6.92 Å². The predicted octanol–water partition coefficient (Wildman–Crippen LogP) is 6.37. The number of allylic oxidation sites excluding steroid dienone is 2. The van der Waals surface area contributed by atoms with Gasteiger partial charge in [0.1, 0.15) is 12.7 Å². The molecule has 0 heterocycles. The highest BCUT2D eigenvalue weighted by atomic mass is 31.2. The van der Waals surface area contributed by atoms with Gasteiger partial charge in [0.25, 0.3) is 0 Å². The highest BCUT2D eigenvalue weighted by molar-refractivity contribution is 7.47. The van der Waals surface area contributed by atoms with Gasteiger partial charge in [0.2, 0.25) is 5.91 Å². The van der Waals surface area contributed by atoms with Gasteiger partial charge in [0, 0.05) is 19.4 Å². The zero-order valence-electron chi connectivity index (χ0n) is 23.9. The molecule has 0 rings (SSSR count). The molecule has 0 aliphatic heterocycles. The van der Waals surface area contributed by atoms with Crippen LogP contribution in [0.5, 0.6) is 0 Å². The van der Waals surface area contributed by atoms with Crippen LogP contribution in [0, 0.1) is 0 Å². The molecule has 224 valence electrons. The van der Waals surface area contributed by atoms with E-state index in [9.17, 15) is 24.2 Å². The standard InChI is InChI=1S/C28H54NO8P/c1-3-5-6-7-8-9-10-11-12-13-14-15-16-17-18-19-21-28(32)35-24-26(30)25-37-38(33,34)36-23-22-29-27(31)20-4-2/h12-13,26,30H,3-11,14-25H2,1-2H3,(H,29,31)(H,33,34)/b13-12-. The molecule has 9 nitrogen and oxygen atoms in total. The molecule has 2 atom stereocenters. The number of phosphoric acid groups is 1. The number of carbonyl (C=O) groups excluding carboxylic acids is 2. The summed E-state index contributed by atoms with van der Waals surface area (Å²) in [7, 11) is -4.37. The lowest BCUT2D eigenvalue weighted by molar-refractivity contribution is -0.147. The Labute approximate surface area is 230 Å². The van der Waals surface area contributed by atoms with Crippen molar-refractivity contribution in [2.75, 3.05) is 26.4 Å². The first-order valence-electron chi connectivity index (χ1n) is 14.7. The smallest absolute Gasteiger partial charge is 0.463 e. The zero-order chi connectivity index (χ0) is 28.3. The molecule has 0 aliphatic rings. The second-order valence-corrected chi connectivity index (χ2v) is 11.2. The molecule has 0 radical (unpaired) electrons. The van der Waals surface area contributed by atoms with E-state index in [0.29, 0.717) is 12.8 Å². The van der Waals surface area contributed by atoms with E-state index < -0.39 is 26.5 Å². The molecule has 0 aromatic rings. The Morgan fingerprint density at radius 3 is 1.97 bits per heavy atom. The lowest BCUT2D eigenvalue weighted by Gasteiger charge is -2.15. The fraction of sp³-hybridized carbons (Fsp3) is 0.857. The molecular weight excluding hydrogens is 509 g/mol. The van der Waals surface area contributed by atoms with Crippen LogP contribution < -0.4 is 5.32 Å². The average molecular weight is 564 g/mol. The number of carbonyl (C=O) groups is 2. The van der Waals surface area contributed by atoms with Crippen molar-refractivity contribution < 1.29 is 37.9 Å². The minimum absolute atomic E-state index is 0.0727. The molecule has 0 spiro atoms. The van der Waals surface area contributed by atoms with Crippen LogP contribution >= 0.6 is 7.82 Å². The maximum absolute atomic E-state index is 11.8. The number of unbranched alkanes of at least 4 members (excludes halogenated alkanes) is 12. The van der Waals surface area contributed by atoms with Crippen molar-refractivity contribution in [2.24, 2.45) is 0 Å². The van der Waals surface area contributed by atoms with E-state index in [0.717, 1.165) is 38.5 Å². The summed E-state index contributed by atoms with van der Waals surface area (Å²) in [6.45, 7) is 3.15. The lowest BCUT2D eigenvalue weighted by atomic mass is 10.1. The molecule has 0 aromatic carbocycles. The second-order valence-electron chi connectivity index (χ2n) is 9.72. The van der Waals surface area contributed by atoms with Crippen molar-refractivity contribution in [2.45, 2.75) is 129 Å². The van der Waals surface area contributed by atoms with Gasteiger partial charge in [-0.05, 0) is 38.5 Å². The molecule has 1 amide bonds. The van der Waals surface area contributed by atoms with Gasteiger partial charge in [0.05, 0.1) is 13.2 Å². The van der Waals surface area contributed by atoms with Gasteiger partial charge in [0.15, 0.2) is 0 Å². The average Bonchev–Trinajstić information content (AvgIpc) is 2.88. The van der Waals surface area contributed by atoms with Crippen LogP contribution in [-0.2, 0) is 27.9 Å². The maximum atomic E-state index is 11.8. The van der Waals surface area contributed by atoms with E-state index in [2.05, 4.69) is 24.4 Å². The number of aliphatic hydroxyl groups excluding tert-OH is 1. The van der Waals surface area contributed by atoms with Crippen molar-refractivity contribution in [3.05, 3.63) is 12.2 Å². The predicted molar refractivity (Wildman–Crippen MR) is 151 cm³/mol. The van der Waals surface area contributed by atoms with Gasteiger partial charge in [-0.2, -0.15) is 0 Å². The Hall–Kier alpha value is -1.25. The van der Waals surface area contributed by atoms with Crippen LogP contribution in [0.25, 0.3) is 0 Å². The molecule has 0 aliphatic carbocycles. The van der Waals surface area contributed by atoms with Gasteiger partial charge in [-0.3, -0.25) is 18.6 Å².